The molecule has 0 saturated carbocycles. The summed E-state index contributed by atoms with van der Waals surface area (Å²) in [5.41, 5.74) is 1.78. The standard InChI is InChI=1S/C16H14O3S2/c1-9(2)11-5-3-4-6-12(11)20-13-7-10(17)8-14-15(13)19-16(18)21-14/h3-9,17H,1-2H3. The third-order valence-corrected chi connectivity index (χ3v) is 5.03. The molecule has 21 heavy (non-hydrogen) atoms. The normalized spacial score (nSPS) is 11.4. The minimum atomic E-state index is -0.352. The minimum Gasteiger partial charge on any atom is -0.508 e. The van der Waals surface area contributed by atoms with Crippen LogP contribution >= 0.6 is 23.1 Å². The molecular formula is C16H14O3S2. The average molecular weight is 318 g/mol. The molecule has 0 aliphatic carbocycles. The third-order valence-electron chi connectivity index (χ3n) is 3.15. The zero-order valence-electron chi connectivity index (χ0n) is 11.6. The Kier molecular flexibility index (Phi) is 3.78. The summed E-state index contributed by atoms with van der Waals surface area (Å²) in [6.45, 7) is 4.28. The van der Waals surface area contributed by atoms with Crippen molar-refractivity contribution in [3.05, 3.63) is 51.7 Å². The van der Waals surface area contributed by atoms with Crippen molar-refractivity contribution in [2.75, 3.05) is 0 Å². The van der Waals surface area contributed by atoms with Gasteiger partial charge in [-0.2, -0.15) is 0 Å². The van der Waals surface area contributed by atoms with E-state index >= 15 is 0 Å². The van der Waals surface area contributed by atoms with Crippen LogP contribution in [0.2, 0.25) is 0 Å². The highest BCUT2D eigenvalue weighted by atomic mass is 32.2. The van der Waals surface area contributed by atoms with Gasteiger partial charge in [0, 0.05) is 11.0 Å². The molecule has 0 radical (unpaired) electrons. The summed E-state index contributed by atoms with van der Waals surface area (Å²) in [5, 5.41) is 9.83. The Hall–Kier alpha value is -1.72. The van der Waals surface area contributed by atoms with E-state index in [0.717, 1.165) is 21.1 Å². The van der Waals surface area contributed by atoms with Gasteiger partial charge in [0.1, 0.15) is 5.75 Å². The molecule has 0 bridgehead atoms. The fraction of sp³-hybridized carbons (Fsp3) is 0.188. The summed E-state index contributed by atoms with van der Waals surface area (Å²) in [5.74, 6) is 0.542. The summed E-state index contributed by atoms with van der Waals surface area (Å²) in [6.07, 6.45) is 0. The number of phenols is 1. The Morgan fingerprint density at radius 2 is 1.95 bits per heavy atom. The summed E-state index contributed by atoms with van der Waals surface area (Å²) in [6, 6.07) is 11.3. The Balaban J connectivity index is 2.12. The highest BCUT2D eigenvalue weighted by molar-refractivity contribution is 7.99. The van der Waals surface area contributed by atoms with Crippen LogP contribution in [0.3, 0.4) is 0 Å². The number of rotatable bonds is 3. The van der Waals surface area contributed by atoms with Crippen LogP contribution in [-0.2, 0) is 0 Å². The molecular weight excluding hydrogens is 304 g/mol. The van der Waals surface area contributed by atoms with Gasteiger partial charge in [-0.15, -0.1) is 0 Å². The van der Waals surface area contributed by atoms with E-state index in [4.69, 9.17) is 4.42 Å². The van der Waals surface area contributed by atoms with E-state index < -0.39 is 0 Å². The van der Waals surface area contributed by atoms with Gasteiger partial charge in [-0.25, -0.2) is 4.79 Å². The minimum absolute atomic E-state index is 0.143. The molecule has 0 saturated heterocycles. The van der Waals surface area contributed by atoms with E-state index in [0.29, 0.717) is 16.2 Å². The SMILES string of the molecule is CC(C)c1ccccc1Sc1cc(O)cc2sc(=O)oc12. The predicted molar refractivity (Wildman–Crippen MR) is 86.7 cm³/mol. The van der Waals surface area contributed by atoms with Crippen LogP contribution < -0.4 is 4.94 Å². The smallest absolute Gasteiger partial charge is 0.396 e. The van der Waals surface area contributed by atoms with Gasteiger partial charge in [-0.3, -0.25) is 0 Å². The Morgan fingerprint density at radius 3 is 2.71 bits per heavy atom. The Labute approximate surface area is 130 Å². The summed E-state index contributed by atoms with van der Waals surface area (Å²) >= 11 is 2.52. The average Bonchev–Trinajstić information content (AvgIpc) is 2.79. The second-order valence-electron chi connectivity index (χ2n) is 5.02. The molecule has 1 N–H and O–H groups in total. The second-order valence-corrected chi connectivity index (χ2v) is 7.08. The van der Waals surface area contributed by atoms with Crippen LogP contribution in [0.25, 0.3) is 10.3 Å². The molecule has 0 fully saturated rings. The molecule has 1 aromatic heterocycles. The van der Waals surface area contributed by atoms with E-state index in [1.54, 1.807) is 12.1 Å². The van der Waals surface area contributed by atoms with Crippen molar-refractivity contribution in [2.45, 2.75) is 29.6 Å². The van der Waals surface area contributed by atoms with Gasteiger partial charge in [-0.05, 0) is 23.6 Å². The molecule has 0 aliphatic rings. The van der Waals surface area contributed by atoms with Crippen LogP contribution in [0.4, 0.5) is 0 Å². The molecule has 0 spiro atoms. The molecule has 108 valence electrons. The van der Waals surface area contributed by atoms with E-state index in [-0.39, 0.29) is 10.7 Å². The predicted octanol–water partition coefficient (Wildman–Crippen LogP) is 4.83. The van der Waals surface area contributed by atoms with Crippen molar-refractivity contribution >= 4 is 33.4 Å². The maximum Gasteiger partial charge on any atom is 0.396 e. The first-order valence-corrected chi connectivity index (χ1v) is 8.21. The topological polar surface area (TPSA) is 50.4 Å². The van der Waals surface area contributed by atoms with Crippen molar-refractivity contribution in [1.82, 2.24) is 0 Å². The fourth-order valence-electron chi connectivity index (χ4n) is 2.18. The number of hydrogen-bond acceptors (Lipinski definition) is 5. The summed E-state index contributed by atoms with van der Waals surface area (Å²) in [4.78, 5) is 13.0. The van der Waals surface area contributed by atoms with Crippen molar-refractivity contribution in [3.8, 4) is 5.75 Å². The Morgan fingerprint density at radius 1 is 1.19 bits per heavy atom. The summed E-state index contributed by atoms with van der Waals surface area (Å²) in [7, 11) is 0. The number of hydrogen-bond donors (Lipinski definition) is 1. The lowest BCUT2D eigenvalue weighted by molar-refractivity contribution is 0.474. The number of benzene rings is 2. The van der Waals surface area contributed by atoms with Crippen molar-refractivity contribution < 1.29 is 9.52 Å². The van der Waals surface area contributed by atoms with Crippen LogP contribution in [0.1, 0.15) is 25.3 Å². The highest BCUT2D eigenvalue weighted by Crippen LogP contribution is 2.39. The van der Waals surface area contributed by atoms with Crippen molar-refractivity contribution in [2.24, 2.45) is 0 Å². The molecule has 3 rings (SSSR count). The first kappa shape index (κ1) is 14.2. The lowest BCUT2D eigenvalue weighted by atomic mass is 10.0. The first-order valence-electron chi connectivity index (χ1n) is 6.58. The molecule has 5 heteroatoms. The fourth-order valence-corrected chi connectivity index (χ4v) is 4.20. The van der Waals surface area contributed by atoms with Gasteiger partial charge < -0.3 is 9.52 Å². The van der Waals surface area contributed by atoms with Gasteiger partial charge >= 0.3 is 4.94 Å². The van der Waals surface area contributed by atoms with E-state index in [1.165, 1.54) is 17.3 Å². The maximum absolute atomic E-state index is 11.4. The largest absolute Gasteiger partial charge is 0.508 e. The maximum atomic E-state index is 11.4. The molecule has 0 atom stereocenters. The Bertz CT molecular complexity index is 846. The lowest BCUT2D eigenvalue weighted by Gasteiger charge is -2.12. The number of aromatic hydroxyl groups is 1. The third kappa shape index (κ3) is 2.84. The molecule has 3 aromatic rings. The van der Waals surface area contributed by atoms with Crippen LogP contribution in [0.5, 0.6) is 5.75 Å². The summed E-state index contributed by atoms with van der Waals surface area (Å²) < 4.78 is 5.93. The van der Waals surface area contributed by atoms with Crippen LogP contribution in [0.15, 0.2) is 55.4 Å². The number of phenolic OH excluding ortho intramolecular Hbond substituents is 1. The van der Waals surface area contributed by atoms with Crippen LogP contribution in [0, 0.1) is 0 Å². The van der Waals surface area contributed by atoms with E-state index in [9.17, 15) is 9.90 Å². The quantitative estimate of drug-likeness (QED) is 0.751. The van der Waals surface area contributed by atoms with E-state index in [2.05, 4.69) is 19.9 Å². The lowest BCUT2D eigenvalue weighted by Crippen LogP contribution is -1.90. The number of fused-ring (bicyclic) bond motifs is 1. The van der Waals surface area contributed by atoms with Gasteiger partial charge in [0.15, 0.2) is 5.58 Å². The zero-order chi connectivity index (χ0) is 15.0. The first-order chi connectivity index (χ1) is 10.0. The second kappa shape index (κ2) is 5.58. The molecule has 0 amide bonds. The highest BCUT2D eigenvalue weighted by Gasteiger charge is 2.14. The van der Waals surface area contributed by atoms with Crippen molar-refractivity contribution in [3.63, 3.8) is 0 Å². The van der Waals surface area contributed by atoms with Gasteiger partial charge in [-0.1, -0.05) is 55.1 Å². The van der Waals surface area contributed by atoms with Crippen LogP contribution in [-0.4, -0.2) is 5.11 Å². The van der Waals surface area contributed by atoms with Gasteiger partial charge in [0.25, 0.3) is 0 Å². The molecule has 3 nitrogen and oxygen atoms in total. The zero-order valence-corrected chi connectivity index (χ0v) is 13.3. The van der Waals surface area contributed by atoms with Crippen molar-refractivity contribution in [1.29, 1.82) is 0 Å². The molecule has 1 heterocycles. The monoisotopic (exact) mass is 318 g/mol. The van der Waals surface area contributed by atoms with Gasteiger partial charge in [0.2, 0.25) is 0 Å². The molecule has 0 unspecified atom stereocenters. The van der Waals surface area contributed by atoms with E-state index in [1.807, 2.05) is 18.2 Å². The molecule has 0 aliphatic heterocycles. The van der Waals surface area contributed by atoms with Gasteiger partial charge in [0.05, 0.1) is 9.60 Å². The molecule has 2 aromatic carbocycles.